The van der Waals surface area contributed by atoms with Gasteiger partial charge in [0.15, 0.2) is 0 Å². The summed E-state index contributed by atoms with van der Waals surface area (Å²) in [5.74, 6) is 2.90. The van der Waals surface area contributed by atoms with E-state index in [4.69, 9.17) is 4.74 Å². The minimum atomic E-state index is -0.0223. The number of aromatic hydroxyl groups is 1. The summed E-state index contributed by atoms with van der Waals surface area (Å²) in [5.41, 5.74) is 3.55. The number of carbonyl (C=O) groups is 1. The molecule has 0 aliphatic heterocycles. The van der Waals surface area contributed by atoms with Crippen molar-refractivity contribution in [2.75, 3.05) is 7.11 Å². The van der Waals surface area contributed by atoms with Gasteiger partial charge in [0.1, 0.15) is 11.5 Å². The Balaban J connectivity index is 1.37. The SMILES string of the molecule is COc1ccccc1C(=O)N[C@H]1CC[C@H]2[C@@H]3CCc4cc(O)ccc4[C@H]3CC[C@]12C. The molecular formula is C26H31NO3. The van der Waals surface area contributed by atoms with Crippen molar-refractivity contribution in [1.82, 2.24) is 5.32 Å². The van der Waals surface area contributed by atoms with Gasteiger partial charge in [0.25, 0.3) is 5.91 Å². The molecule has 2 N–H and O–H groups in total. The molecule has 2 fully saturated rings. The molecule has 0 aromatic heterocycles. The summed E-state index contributed by atoms with van der Waals surface area (Å²) >= 11 is 0. The Labute approximate surface area is 178 Å². The van der Waals surface area contributed by atoms with Crippen molar-refractivity contribution in [3.8, 4) is 11.5 Å². The zero-order valence-corrected chi connectivity index (χ0v) is 17.9. The van der Waals surface area contributed by atoms with Crippen LogP contribution in [0.5, 0.6) is 11.5 Å². The van der Waals surface area contributed by atoms with E-state index in [0.29, 0.717) is 34.8 Å². The van der Waals surface area contributed by atoms with Crippen LogP contribution in [-0.2, 0) is 6.42 Å². The second-order valence-corrected chi connectivity index (χ2v) is 9.65. The first kappa shape index (κ1) is 19.5. The number of rotatable bonds is 3. The number of hydrogen-bond acceptors (Lipinski definition) is 3. The number of amides is 1. The summed E-state index contributed by atoms with van der Waals surface area (Å²) in [6.07, 6.45) is 6.77. The Morgan fingerprint density at radius 1 is 1.13 bits per heavy atom. The zero-order valence-electron chi connectivity index (χ0n) is 17.9. The predicted octanol–water partition coefficient (Wildman–Crippen LogP) is 5.06. The molecule has 2 saturated carbocycles. The molecule has 30 heavy (non-hydrogen) atoms. The molecule has 0 spiro atoms. The van der Waals surface area contributed by atoms with E-state index in [1.165, 1.54) is 24.0 Å². The molecule has 5 atom stereocenters. The highest BCUT2D eigenvalue weighted by Crippen LogP contribution is 2.61. The van der Waals surface area contributed by atoms with Gasteiger partial charge in [-0.2, -0.15) is 0 Å². The fraction of sp³-hybridized carbons (Fsp3) is 0.500. The second kappa shape index (κ2) is 7.33. The Morgan fingerprint density at radius 2 is 1.97 bits per heavy atom. The van der Waals surface area contributed by atoms with Crippen molar-refractivity contribution in [1.29, 1.82) is 0 Å². The lowest BCUT2D eigenvalue weighted by atomic mass is 9.55. The van der Waals surface area contributed by atoms with Crippen LogP contribution >= 0.6 is 0 Å². The van der Waals surface area contributed by atoms with Gasteiger partial charge < -0.3 is 15.2 Å². The number of phenols is 1. The van der Waals surface area contributed by atoms with Gasteiger partial charge in [-0.25, -0.2) is 0 Å². The van der Waals surface area contributed by atoms with E-state index in [2.05, 4.69) is 18.3 Å². The maximum Gasteiger partial charge on any atom is 0.255 e. The Morgan fingerprint density at radius 3 is 2.80 bits per heavy atom. The van der Waals surface area contributed by atoms with Crippen molar-refractivity contribution in [3.63, 3.8) is 0 Å². The van der Waals surface area contributed by atoms with Gasteiger partial charge in [0, 0.05) is 6.04 Å². The fourth-order valence-electron chi connectivity index (χ4n) is 6.87. The van der Waals surface area contributed by atoms with Gasteiger partial charge in [0.05, 0.1) is 12.7 Å². The van der Waals surface area contributed by atoms with Crippen LogP contribution in [0.15, 0.2) is 42.5 Å². The topological polar surface area (TPSA) is 58.6 Å². The summed E-state index contributed by atoms with van der Waals surface area (Å²) < 4.78 is 5.40. The molecule has 4 nitrogen and oxygen atoms in total. The second-order valence-electron chi connectivity index (χ2n) is 9.65. The van der Waals surface area contributed by atoms with E-state index in [-0.39, 0.29) is 17.4 Å². The highest BCUT2D eigenvalue weighted by Gasteiger charge is 2.55. The van der Waals surface area contributed by atoms with E-state index in [0.717, 1.165) is 25.7 Å². The van der Waals surface area contributed by atoms with Gasteiger partial charge in [-0.1, -0.05) is 25.1 Å². The number of para-hydroxylation sites is 1. The number of aryl methyl sites for hydroxylation is 1. The lowest BCUT2D eigenvalue weighted by molar-refractivity contribution is 0.0394. The van der Waals surface area contributed by atoms with Crippen LogP contribution in [0.25, 0.3) is 0 Å². The maximum absolute atomic E-state index is 13.1. The summed E-state index contributed by atoms with van der Waals surface area (Å²) in [4.78, 5) is 13.1. The van der Waals surface area contributed by atoms with E-state index in [9.17, 15) is 9.90 Å². The lowest BCUT2D eigenvalue weighted by Gasteiger charge is -2.51. The molecule has 0 heterocycles. The minimum Gasteiger partial charge on any atom is -0.508 e. The molecule has 2 aromatic carbocycles. The summed E-state index contributed by atoms with van der Waals surface area (Å²) in [6.45, 7) is 2.40. The van der Waals surface area contributed by atoms with E-state index >= 15 is 0 Å². The van der Waals surface area contributed by atoms with Gasteiger partial charge in [0.2, 0.25) is 0 Å². The van der Waals surface area contributed by atoms with E-state index in [1.807, 2.05) is 36.4 Å². The lowest BCUT2D eigenvalue weighted by Crippen LogP contribution is -2.50. The van der Waals surface area contributed by atoms with E-state index < -0.39 is 0 Å². The summed E-state index contributed by atoms with van der Waals surface area (Å²) in [5, 5.41) is 13.3. The molecule has 3 aliphatic carbocycles. The molecule has 1 amide bonds. The van der Waals surface area contributed by atoms with Crippen molar-refractivity contribution >= 4 is 5.91 Å². The van der Waals surface area contributed by atoms with Crippen molar-refractivity contribution in [3.05, 3.63) is 59.2 Å². The quantitative estimate of drug-likeness (QED) is 0.751. The molecule has 158 valence electrons. The van der Waals surface area contributed by atoms with Crippen LogP contribution in [0.3, 0.4) is 0 Å². The number of hydrogen-bond donors (Lipinski definition) is 2. The van der Waals surface area contributed by atoms with Crippen LogP contribution in [0.1, 0.15) is 66.4 Å². The molecular weight excluding hydrogens is 374 g/mol. The average molecular weight is 406 g/mol. The number of fused-ring (bicyclic) bond motifs is 5. The van der Waals surface area contributed by atoms with Gasteiger partial charge in [-0.3, -0.25) is 4.79 Å². The highest BCUT2D eigenvalue weighted by atomic mass is 16.5. The Hall–Kier alpha value is -2.49. The molecule has 3 aliphatic rings. The smallest absolute Gasteiger partial charge is 0.255 e. The maximum atomic E-state index is 13.1. The molecule has 4 heteroatoms. The van der Waals surface area contributed by atoms with Gasteiger partial charge in [-0.15, -0.1) is 0 Å². The normalized spacial score (nSPS) is 31.9. The van der Waals surface area contributed by atoms with Crippen LogP contribution in [0.4, 0.5) is 0 Å². The fourth-order valence-corrected chi connectivity index (χ4v) is 6.87. The summed E-state index contributed by atoms with van der Waals surface area (Å²) in [6, 6.07) is 13.6. The zero-order chi connectivity index (χ0) is 20.9. The van der Waals surface area contributed by atoms with Gasteiger partial charge >= 0.3 is 0 Å². The third-order valence-corrected chi connectivity index (χ3v) is 8.37. The number of phenolic OH excluding ortho intramolecular Hbond substituents is 1. The first-order valence-corrected chi connectivity index (χ1v) is 11.3. The number of benzene rings is 2. The number of carbonyl (C=O) groups excluding carboxylic acids is 1. The first-order valence-electron chi connectivity index (χ1n) is 11.3. The van der Waals surface area contributed by atoms with Crippen LogP contribution in [-0.4, -0.2) is 24.2 Å². The Bertz CT molecular complexity index is 971. The molecule has 5 rings (SSSR count). The van der Waals surface area contributed by atoms with Crippen molar-refractivity contribution < 1.29 is 14.6 Å². The minimum absolute atomic E-state index is 0.0223. The van der Waals surface area contributed by atoms with Gasteiger partial charge in [-0.05, 0) is 97.1 Å². The number of ether oxygens (including phenoxy) is 1. The molecule has 0 radical (unpaired) electrons. The number of nitrogens with one attached hydrogen (secondary N) is 1. The van der Waals surface area contributed by atoms with Crippen molar-refractivity contribution in [2.24, 2.45) is 17.3 Å². The average Bonchev–Trinajstić information content (AvgIpc) is 3.09. The Kier molecular flexibility index (Phi) is 4.76. The standard InChI is InChI=1S/C26H31NO3/c1-26-14-13-19-18-10-8-17(28)15-16(18)7-9-20(19)22(26)11-12-24(26)27-25(29)21-5-3-4-6-23(21)30-2/h3-6,8,10,15,19-20,22,24,28H,7,9,11-14H2,1-2H3,(H,27,29)/t19-,20-,22+,24+,26+/m1/s1. The van der Waals surface area contributed by atoms with Crippen molar-refractivity contribution in [2.45, 2.75) is 57.4 Å². The van der Waals surface area contributed by atoms with E-state index in [1.54, 1.807) is 7.11 Å². The van der Waals surface area contributed by atoms with Crippen LogP contribution < -0.4 is 10.1 Å². The predicted molar refractivity (Wildman–Crippen MR) is 117 cm³/mol. The first-order chi connectivity index (χ1) is 14.5. The largest absolute Gasteiger partial charge is 0.508 e. The molecule has 0 bridgehead atoms. The highest BCUT2D eigenvalue weighted by molar-refractivity contribution is 5.97. The third-order valence-electron chi connectivity index (χ3n) is 8.37. The molecule has 2 aromatic rings. The molecule has 0 saturated heterocycles. The summed E-state index contributed by atoms with van der Waals surface area (Å²) in [7, 11) is 1.61. The van der Waals surface area contributed by atoms with Crippen LogP contribution in [0, 0.1) is 17.3 Å². The number of methoxy groups -OCH3 is 1. The third kappa shape index (κ3) is 3.00. The van der Waals surface area contributed by atoms with Crippen LogP contribution in [0.2, 0.25) is 0 Å². The molecule has 0 unspecified atom stereocenters. The monoisotopic (exact) mass is 405 g/mol.